The van der Waals surface area contributed by atoms with Crippen molar-refractivity contribution >= 4 is 27.5 Å². The second kappa shape index (κ2) is 3.75. The van der Waals surface area contributed by atoms with Gasteiger partial charge in [0.1, 0.15) is 0 Å². The van der Waals surface area contributed by atoms with Crippen molar-refractivity contribution in [3.05, 3.63) is 33.8 Å². The number of rotatable bonds is 1. The first kappa shape index (κ1) is 8.58. The Labute approximate surface area is 78.7 Å². The van der Waals surface area contributed by atoms with Crippen molar-refractivity contribution in [3.63, 3.8) is 0 Å². The van der Waals surface area contributed by atoms with E-state index in [0.717, 1.165) is 10.0 Å². The molecule has 0 aliphatic rings. The molecule has 0 aromatic heterocycles. The Morgan fingerprint density at radius 1 is 1.55 bits per heavy atom. The van der Waals surface area contributed by atoms with Gasteiger partial charge in [-0.15, -0.1) is 11.6 Å². The molecule has 0 heterocycles. The quantitative estimate of drug-likeness (QED) is 0.680. The van der Waals surface area contributed by atoms with Gasteiger partial charge in [0.05, 0.1) is 11.6 Å². The molecule has 0 bridgehead atoms. The largest absolute Gasteiger partial charge is 0.192 e. The Bertz CT molecular complexity index is 303. The van der Waals surface area contributed by atoms with Crippen LogP contribution in [0.25, 0.3) is 0 Å². The molecule has 1 aromatic carbocycles. The summed E-state index contributed by atoms with van der Waals surface area (Å²) in [4.78, 5) is 0. The Morgan fingerprint density at radius 3 is 2.82 bits per heavy atom. The van der Waals surface area contributed by atoms with Gasteiger partial charge >= 0.3 is 0 Å². The molecule has 0 spiro atoms. The van der Waals surface area contributed by atoms with Gasteiger partial charge in [0.15, 0.2) is 0 Å². The maximum absolute atomic E-state index is 8.54. The molecule has 1 rings (SSSR count). The predicted octanol–water partition coefficient (Wildman–Crippen LogP) is 3.06. The van der Waals surface area contributed by atoms with Crippen LogP contribution in [0.4, 0.5) is 0 Å². The van der Waals surface area contributed by atoms with Gasteiger partial charge in [0.2, 0.25) is 0 Å². The van der Waals surface area contributed by atoms with Crippen LogP contribution >= 0.6 is 27.5 Å². The molecule has 56 valence electrons. The van der Waals surface area contributed by atoms with Crippen molar-refractivity contribution < 1.29 is 0 Å². The summed E-state index contributed by atoms with van der Waals surface area (Å²) in [6.45, 7) is 0. The van der Waals surface area contributed by atoms with Gasteiger partial charge in [-0.2, -0.15) is 5.26 Å². The van der Waals surface area contributed by atoms with Crippen molar-refractivity contribution in [1.82, 2.24) is 0 Å². The Kier molecular flexibility index (Phi) is 2.92. The van der Waals surface area contributed by atoms with E-state index < -0.39 is 0 Å². The molecule has 1 nitrogen and oxygen atoms in total. The second-order valence-electron chi connectivity index (χ2n) is 2.05. The minimum absolute atomic E-state index is 0.427. The molecule has 0 radical (unpaired) electrons. The highest BCUT2D eigenvalue weighted by Gasteiger charge is 1.98. The molecule has 0 atom stereocenters. The van der Waals surface area contributed by atoms with E-state index in [9.17, 15) is 0 Å². The number of nitriles is 1. The first-order chi connectivity index (χ1) is 5.27. The fraction of sp³-hybridized carbons (Fsp3) is 0.125. The summed E-state index contributed by atoms with van der Waals surface area (Å²) in [5.74, 6) is 0.427. The van der Waals surface area contributed by atoms with Crippen molar-refractivity contribution in [1.29, 1.82) is 5.26 Å². The number of hydrogen-bond donors (Lipinski definition) is 0. The molecular weight excluding hydrogens is 225 g/mol. The van der Waals surface area contributed by atoms with Gasteiger partial charge in [0, 0.05) is 10.4 Å². The van der Waals surface area contributed by atoms with Crippen LogP contribution in [-0.2, 0) is 5.88 Å². The highest BCUT2D eigenvalue weighted by Crippen LogP contribution is 2.19. The third kappa shape index (κ3) is 1.95. The van der Waals surface area contributed by atoms with Crippen LogP contribution in [0.2, 0.25) is 0 Å². The second-order valence-corrected chi connectivity index (χ2v) is 3.17. The van der Waals surface area contributed by atoms with Crippen molar-refractivity contribution in [2.75, 3.05) is 0 Å². The fourth-order valence-corrected chi connectivity index (χ4v) is 1.52. The van der Waals surface area contributed by atoms with E-state index in [1.807, 2.05) is 12.1 Å². The van der Waals surface area contributed by atoms with E-state index in [4.69, 9.17) is 16.9 Å². The molecule has 0 unspecified atom stereocenters. The van der Waals surface area contributed by atoms with E-state index in [0.29, 0.717) is 11.4 Å². The van der Waals surface area contributed by atoms with Gasteiger partial charge in [-0.1, -0.05) is 15.9 Å². The molecule has 0 aliphatic heterocycles. The zero-order chi connectivity index (χ0) is 8.27. The number of hydrogen-bond acceptors (Lipinski definition) is 1. The average molecular weight is 230 g/mol. The zero-order valence-corrected chi connectivity index (χ0v) is 7.98. The molecule has 0 saturated heterocycles. The summed E-state index contributed by atoms with van der Waals surface area (Å²) in [7, 11) is 0. The molecular formula is C8H5BrClN. The summed E-state index contributed by atoms with van der Waals surface area (Å²) >= 11 is 8.95. The van der Waals surface area contributed by atoms with Gasteiger partial charge in [0.25, 0.3) is 0 Å². The smallest absolute Gasteiger partial charge is 0.0991 e. The molecule has 0 N–H and O–H groups in total. The number of alkyl halides is 1. The lowest BCUT2D eigenvalue weighted by Crippen LogP contribution is -1.82. The number of benzene rings is 1. The molecule has 3 heteroatoms. The van der Waals surface area contributed by atoms with Crippen molar-refractivity contribution in [3.8, 4) is 6.07 Å². The average Bonchev–Trinajstić information content (AvgIpc) is 2.05. The van der Waals surface area contributed by atoms with E-state index in [1.54, 1.807) is 12.1 Å². The summed E-state index contributed by atoms with van der Waals surface area (Å²) in [6.07, 6.45) is 0. The Hall–Kier alpha value is -0.520. The molecule has 0 fully saturated rings. The van der Waals surface area contributed by atoms with E-state index >= 15 is 0 Å². The van der Waals surface area contributed by atoms with Crippen LogP contribution < -0.4 is 0 Å². The van der Waals surface area contributed by atoms with Gasteiger partial charge in [-0.3, -0.25) is 0 Å². The van der Waals surface area contributed by atoms with Crippen LogP contribution in [0, 0.1) is 11.3 Å². The van der Waals surface area contributed by atoms with Crippen molar-refractivity contribution in [2.24, 2.45) is 0 Å². The van der Waals surface area contributed by atoms with Crippen LogP contribution in [0.1, 0.15) is 11.1 Å². The van der Waals surface area contributed by atoms with Crippen LogP contribution in [0.5, 0.6) is 0 Å². The minimum Gasteiger partial charge on any atom is -0.192 e. The SMILES string of the molecule is N#Cc1ccc(Br)c(CCl)c1. The van der Waals surface area contributed by atoms with Gasteiger partial charge < -0.3 is 0 Å². The highest BCUT2D eigenvalue weighted by molar-refractivity contribution is 9.10. The van der Waals surface area contributed by atoms with Crippen LogP contribution in [-0.4, -0.2) is 0 Å². The predicted molar refractivity (Wildman–Crippen MR) is 48.4 cm³/mol. The summed E-state index contributed by atoms with van der Waals surface area (Å²) in [5.41, 5.74) is 1.59. The van der Waals surface area contributed by atoms with Gasteiger partial charge in [-0.25, -0.2) is 0 Å². The Balaban J connectivity index is 3.15. The lowest BCUT2D eigenvalue weighted by atomic mass is 10.2. The zero-order valence-electron chi connectivity index (χ0n) is 5.64. The maximum Gasteiger partial charge on any atom is 0.0991 e. The highest BCUT2D eigenvalue weighted by atomic mass is 79.9. The minimum atomic E-state index is 0.427. The number of nitrogens with zero attached hydrogens (tertiary/aromatic N) is 1. The summed E-state index contributed by atoms with van der Waals surface area (Å²) in [6, 6.07) is 7.40. The van der Waals surface area contributed by atoms with E-state index in [-0.39, 0.29) is 0 Å². The molecule has 1 aromatic rings. The summed E-state index contributed by atoms with van der Waals surface area (Å²) in [5, 5.41) is 8.54. The monoisotopic (exact) mass is 229 g/mol. The molecule has 0 aliphatic carbocycles. The van der Waals surface area contributed by atoms with Crippen molar-refractivity contribution in [2.45, 2.75) is 5.88 Å². The topological polar surface area (TPSA) is 23.8 Å². The molecule has 0 saturated carbocycles. The lowest BCUT2D eigenvalue weighted by Gasteiger charge is -1.98. The molecule has 0 amide bonds. The maximum atomic E-state index is 8.54. The van der Waals surface area contributed by atoms with Gasteiger partial charge in [-0.05, 0) is 23.8 Å². The first-order valence-electron chi connectivity index (χ1n) is 3.02. The standard InChI is InChI=1S/C8H5BrClN/c9-8-2-1-6(5-11)3-7(8)4-10/h1-3H,4H2. The summed E-state index contributed by atoms with van der Waals surface area (Å²) < 4.78 is 0.950. The molecule has 11 heavy (non-hydrogen) atoms. The number of halogens is 2. The third-order valence-corrected chi connectivity index (χ3v) is 2.38. The van der Waals surface area contributed by atoms with E-state index in [1.165, 1.54) is 0 Å². The van der Waals surface area contributed by atoms with E-state index in [2.05, 4.69) is 15.9 Å². The fourth-order valence-electron chi connectivity index (χ4n) is 0.747. The lowest BCUT2D eigenvalue weighted by molar-refractivity contribution is 1.35. The Morgan fingerprint density at radius 2 is 2.27 bits per heavy atom. The third-order valence-electron chi connectivity index (χ3n) is 1.32. The van der Waals surface area contributed by atoms with Crippen LogP contribution in [0.15, 0.2) is 22.7 Å². The first-order valence-corrected chi connectivity index (χ1v) is 4.35. The normalized spacial score (nSPS) is 9.18. The van der Waals surface area contributed by atoms with Crippen LogP contribution in [0.3, 0.4) is 0 Å².